The molecule has 0 saturated carbocycles. The Labute approximate surface area is 311 Å². The van der Waals surface area contributed by atoms with Gasteiger partial charge in [0.25, 0.3) is 0 Å². The molecule has 0 heterocycles. The van der Waals surface area contributed by atoms with Crippen LogP contribution in [0.1, 0.15) is 235 Å². The van der Waals surface area contributed by atoms with Crippen molar-refractivity contribution in [3.63, 3.8) is 0 Å². The van der Waals surface area contributed by atoms with Crippen molar-refractivity contribution >= 4 is 6.16 Å². The fraction of sp³-hybridized carbons (Fsp3) is 0.977. The third-order valence-corrected chi connectivity index (χ3v) is 8.88. The summed E-state index contributed by atoms with van der Waals surface area (Å²) >= 11 is 0. The molecule has 0 bridgehead atoms. The molecule has 0 aliphatic carbocycles. The van der Waals surface area contributed by atoms with Crippen LogP contribution >= 0.6 is 0 Å². The molecule has 0 amide bonds. The molecule has 0 saturated heterocycles. The molecule has 0 spiro atoms. The van der Waals surface area contributed by atoms with Gasteiger partial charge in [-0.05, 0) is 23.7 Å². The summed E-state index contributed by atoms with van der Waals surface area (Å²) in [5.74, 6) is 0. The average Bonchev–Trinajstić information content (AvgIpc) is 3.04. The highest BCUT2D eigenvalue weighted by molar-refractivity contribution is 5.60. The Morgan fingerprint density at radius 2 is 0.640 bits per heavy atom. The normalized spacial score (nSPS) is 13.4. The van der Waals surface area contributed by atoms with Crippen molar-refractivity contribution in [3.8, 4) is 0 Å². The minimum absolute atomic E-state index is 0.0716. The van der Waals surface area contributed by atoms with Crippen LogP contribution in [0.3, 0.4) is 0 Å². The highest BCUT2D eigenvalue weighted by Crippen LogP contribution is 2.20. The molecule has 0 fully saturated rings. The summed E-state index contributed by atoms with van der Waals surface area (Å²) in [6.07, 6.45) is 31.8. The zero-order chi connectivity index (χ0) is 37.2. The Kier molecular flexibility index (Phi) is 33.3. The van der Waals surface area contributed by atoms with Gasteiger partial charge in [-0.1, -0.05) is 209 Å². The first-order chi connectivity index (χ1) is 24.0. The van der Waals surface area contributed by atoms with Gasteiger partial charge < -0.3 is 9.47 Å². The molecular weight excluding hydrogens is 628 g/mol. The van der Waals surface area contributed by atoms with Crippen molar-refractivity contribution < 1.29 is 33.8 Å². The van der Waals surface area contributed by atoms with Crippen LogP contribution in [-0.4, -0.2) is 31.9 Å². The third-order valence-electron chi connectivity index (χ3n) is 8.88. The van der Waals surface area contributed by atoms with Crippen molar-refractivity contribution in [1.29, 1.82) is 0 Å². The summed E-state index contributed by atoms with van der Waals surface area (Å²) in [6, 6.07) is 0. The molecule has 0 N–H and O–H groups in total. The first-order valence-electron chi connectivity index (χ1n) is 21.4. The van der Waals surface area contributed by atoms with E-state index < -0.39 is 18.7 Å². The van der Waals surface area contributed by atoms with E-state index >= 15 is 0 Å². The Bertz CT molecular complexity index is 657. The largest absolute Gasteiger partial charge is 0.513 e. The van der Waals surface area contributed by atoms with Gasteiger partial charge in [-0.2, -0.15) is 9.78 Å². The molecule has 0 aromatic carbocycles. The monoisotopic (exact) mass is 715 g/mol. The van der Waals surface area contributed by atoms with Gasteiger partial charge >= 0.3 is 6.16 Å². The summed E-state index contributed by atoms with van der Waals surface area (Å²) in [4.78, 5) is 35.1. The number of hydrogen-bond donors (Lipinski definition) is 0. The standard InChI is InChI=1S/C43H86O7/c1-9-11-13-15-17-19-21-23-25-27-29-31-33-35-39(49-45-37-42(3,4)5)47-41(44)48-40(50-46-38-43(6,7)8)36-34-32-30-28-26-24-22-20-18-16-14-12-10-2/h39-40H,9-38H2,1-8H3. The van der Waals surface area contributed by atoms with Gasteiger partial charge in [0.15, 0.2) is 0 Å². The van der Waals surface area contributed by atoms with Crippen LogP contribution in [0.2, 0.25) is 0 Å². The maximum absolute atomic E-state index is 12.9. The lowest BCUT2D eigenvalue weighted by atomic mass is 9.99. The molecule has 50 heavy (non-hydrogen) atoms. The maximum Gasteiger partial charge on any atom is 0.513 e. The molecule has 0 aliphatic rings. The van der Waals surface area contributed by atoms with Crippen LogP contribution in [0.25, 0.3) is 0 Å². The number of rotatable bonds is 36. The van der Waals surface area contributed by atoms with Gasteiger partial charge in [0.05, 0.1) is 13.2 Å². The minimum Gasteiger partial charge on any atom is -0.401 e. The number of carbonyl (C=O) groups excluding carboxylic acids is 1. The van der Waals surface area contributed by atoms with E-state index in [1.807, 2.05) is 0 Å². The minimum atomic E-state index is -0.829. The van der Waals surface area contributed by atoms with Gasteiger partial charge in [-0.15, -0.1) is 0 Å². The zero-order valence-electron chi connectivity index (χ0n) is 34.7. The Hall–Kier alpha value is -0.890. The Balaban J connectivity index is 4.56. The van der Waals surface area contributed by atoms with Crippen LogP contribution in [0.15, 0.2) is 0 Å². The summed E-state index contributed by atoms with van der Waals surface area (Å²) < 4.78 is 11.2. The van der Waals surface area contributed by atoms with Gasteiger partial charge in [0, 0.05) is 12.8 Å². The summed E-state index contributed by atoms with van der Waals surface area (Å²) in [5, 5.41) is 0. The van der Waals surface area contributed by atoms with Gasteiger partial charge in [0.2, 0.25) is 12.6 Å². The molecule has 0 aromatic rings. The number of unbranched alkanes of at least 4 members (excludes halogenated alkanes) is 24. The second kappa shape index (κ2) is 33.9. The lowest BCUT2D eigenvalue weighted by Crippen LogP contribution is -2.29. The highest BCUT2D eigenvalue weighted by atomic mass is 17.2. The number of carbonyl (C=O) groups is 1. The summed E-state index contributed by atoms with van der Waals surface area (Å²) in [5.41, 5.74) is -0.143. The quantitative estimate of drug-likeness (QED) is 0.0210. The average molecular weight is 715 g/mol. The van der Waals surface area contributed by atoms with Crippen molar-refractivity contribution in [2.45, 2.75) is 248 Å². The predicted molar refractivity (Wildman–Crippen MR) is 209 cm³/mol. The smallest absolute Gasteiger partial charge is 0.401 e. The van der Waals surface area contributed by atoms with Crippen LogP contribution in [0, 0.1) is 10.8 Å². The fourth-order valence-electron chi connectivity index (χ4n) is 5.73. The number of ether oxygens (including phenoxy) is 2. The second-order valence-electron chi connectivity index (χ2n) is 17.2. The molecule has 0 radical (unpaired) electrons. The SMILES string of the molecule is CCCCCCCCCCCCCCCC(OOCC(C)(C)C)OC(=O)OC(CCCCCCCCCCCCCCC)OOCC(C)(C)C. The molecule has 2 atom stereocenters. The number of hydrogen-bond acceptors (Lipinski definition) is 7. The third kappa shape index (κ3) is 38.3. The van der Waals surface area contributed by atoms with E-state index in [2.05, 4.69) is 55.4 Å². The van der Waals surface area contributed by atoms with E-state index in [9.17, 15) is 4.79 Å². The van der Waals surface area contributed by atoms with Crippen molar-refractivity contribution in [3.05, 3.63) is 0 Å². The van der Waals surface area contributed by atoms with E-state index in [0.29, 0.717) is 26.1 Å². The zero-order valence-corrected chi connectivity index (χ0v) is 34.7. The van der Waals surface area contributed by atoms with E-state index in [1.165, 1.54) is 141 Å². The molecule has 300 valence electrons. The molecule has 0 rings (SSSR count). The lowest BCUT2D eigenvalue weighted by Gasteiger charge is -2.23. The molecule has 7 nitrogen and oxygen atoms in total. The first kappa shape index (κ1) is 49.1. The van der Waals surface area contributed by atoms with E-state index in [4.69, 9.17) is 29.0 Å². The summed E-state index contributed by atoms with van der Waals surface area (Å²) in [7, 11) is 0. The van der Waals surface area contributed by atoms with Crippen molar-refractivity contribution in [2.24, 2.45) is 10.8 Å². The van der Waals surface area contributed by atoms with E-state index in [0.717, 1.165) is 25.7 Å². The van der Waals surface area contributed by atoms with Crippen LogP contribution in [0.5, 0.6) is 0 Å². The van der Waals surface area contributed by atoms with Crippen LogP contribution < -0.4 is 0 Å². The molecule has 2 unspecified atom stereocenters. The summed E-state index contributed by atoms with van der Waals surface area (Å²) in [6.45, 7) is 17.8. The molecule has 7 heteroatoms. The predicted octanol–water partition coefficient (Wildman–Crippen LogP) is 14.7. The fourth-order valence-corrected chi connectivity index (χ4v) is 5.73. The van der Waals surface area contributed by atoms with Crippen LogP contribution in [0.4, 0.5) is 4.79 Å². The molecule has 0 aromatic heterocycles. The van der Waals surface area contributed by atoms with Gasteiger partial charge in [0.1, 0.15) is 0 Å². The van der Waals surface area contributed by atoms with E-state index in [1.54, 1.807) is 0 Å². The highest BCUT2D eigenvalue weighted by Gasteiger charge is 2.24. The van der Waals surface area contributed by atoms with E-state index in [-0.39, 0.29) is 10.8 Å². The van der Waals surface area contributed by atoms with Crippen molar-refractivity contribution in [2.75, 3.05) is 13.2 Å². The first-order valence-corrected chi connectivity index (χ1v) is 21.4. The Morgan fingerprint density at radius 3 is 0.880 bits per heavy atom. The Morgan fingerprint density at radius 1 is 0.400 bits per heavy atom. The van der Waals surface area contributed by atoms with Crippen LogP contribution in [-0.2, 0) is 29.0 Å². The topological polar surface area (TPSA) is 72.5 Å². The molecule has 0 aliphatic heterocycles. The maximum atomic E-state index is 12.9. The lowest BCUT2D eigenvalue weighted by molar-refractivity contribution is -0.392. The van der Waals surface area contributed by atoms with Gasteiger partial charge in [-0.3, -0.25) is 0 Å². The molecular formula is C43H86O7. The van der Waals surface area contributed by atoms with Gasteiger partial charge in [-0.25, -0.2) is 14.6 Å². The van der Waals surface area contributed by atoms with Crippen molar-refractivity contribution in [1.82, 2.24) is 0 Å². The second-order valence-corrected chi connectivity index (χ2v) is 17.2.